The van der Waals surface area contributed by atoms with Crippen LogP contribution in [0.25, 0.3) is 12.2 Å². The second-order valence-corrected chi connectivity index (χ2v) is 2.78. The Kier molecular flexibility index (Phi) is 1.46. The quantitative estimate of drug-likeness (QED) is 0.623. The topological polar surface area (TPSA) is 0 Å². The first-order valence-electron chi connectivity index (χ1n) is 6.82. The Morgan fingerprint density at radius 1 is 0.786 bits per heavy atom. The van der Waals surface area contributed by atoms with Crippen LogP contribution in [-0.4, -0.2) is 0 Å². The molecule has 14 heavy (non-hydrogen) atoms. The van der Waals surface area contributed by atoms with Gasteiger partial charge in [-0.25, -0.2) is 0 Å². The highest BCUT2D eigenvalue weighted by Crippen LogP contribution is 2.06. The number of rotatable bonds is 2. The maximum Gasteiger partial charge on any atom is 0.0629 e. The van der Waals surface area contributed by atoms with Crippen molar-refractivity contribution in [2.75, 3.05) is 0 Å². The third-order valence-electron chi connectivity index (χ3n) is 1.76. The Hall–Kier alpha value is -1.82. The van der Waals surface area contributed by atoms with E-state index < -0.39 is 0 Å². The summed E-state index contributed by atoms with van der Waals surface area (Å²) in [4.78, 5) is 0. The van der Waals surface area contributed by atoms with Gasteiger partial charge < -0.3 is 0 Å². The van der Waals surface area contributed by atoms with Crippen LogP contribution >= 0.6 is 0 Å². The summed E-state index contributed by atoms with van der Waals surface area (Å²) in [7, 11) is 0. The lowest BCUT2D eigenvalue weighted by molar-refractivity contribution is 1.65. The molecular weight excluding hydrogens is 168 g/mol. The Morgan fingerprint density at radius 3 is 2.14 bits per heavy atom. The summed E-state index contributed by atoms with van der Waals surface area (Å²) in [5.41, 5.74) is 1.11. The van der Waals surface area contributed by atoms with Gasteiger partial charge in [-0.1, -0.05) is 72.7 Å². The van der Waals surface area contributed by atoms with E-state index in [1.54, 1.807) is 12.2 Å². The Labute approximate surface area is 91.6 Å². The summed E-state index contributed by atoms with van der Waals surface area (Å²) in [6.07, 6.45) is 3.28. The second kappa shape index (κ2) is 4.43. The van der Waals surface area contributed by atoms with E-state index in [-0.39, 0.29) is 35.8 Å². The van der Waals surface area contributed by atoms with E-state index in [4.69, 9.17) is 6.85 Å². The van der Waals surface area contributed by atoms with Crippen molar-refractivity contribution in [2.24, 2.45) is 0 Å². The van der Waals surface area contributed by atoms with Crippen LogP contribution in [0, 0.1) is 0 Å². The van der Waals surface area contributed by atoms with Crippen LogP contribution in [-0.2, 0) is 0 Å². The van der Waals surface area contributed by atoms with Crippen molar-refractivity contribution in [3.05, 3.63) is 71.7 Å². The predicted octanol–water partition coefficient (Wildman–Crippen LogP) is 3.86. The molecule has 0 heteroatoms. The van der Waals surface area contributed by atoms with Gasteiger partial charge in [0.05, 0.1) is 6.85 Å². The van der Waals surface area contributed by atoms with E-state index in [1.165, 1.54) is 0 Å². The van der Waals surface area contributed by atoms with Crippen LogP contribution in [0.3, 0.4) is 0 Å². The minimum absolute atomic E-state index is 0.182. The zero-order valence-corrected chi connectivity index (χ0v) is 7.54. The van der Waals surface area contributed by atoms with Crippen LogP contribution in [0.5, 0.6) is 0 Å². The van der Waals surface area contributed by atoms with Gasteiger partial charge in [0.15, 0.2) is 0 Å². The predicted molar refractivity (Wildman–Crippen MR) is 61.8 cm³/mol. The standard InChI is InChI=1S/C14H12/c1-3-7-13(8-4-1)11-12-14-9-5-2-6-10-14/h1-12H/b12-11-/i1D,3D,4D,7D,8D. The molecular formula is C14H12. The molecule has 0 aliphatic carbocycles. The van der Waals surface area contributed by atoms with Crippen molar-refractivity contribution in [3.63, 3.8) is 0 Å². The van der Waals surface area contributed by atoms with Crippen LogP contribution < -0.4 is 0 Å². The molecule has 0 aliphatic heterocycles. The van der Waals surface area contributed by atoms with Crippen molar-refractivity contribution in [3.8, 4) is 0 Å². The molecule has 0 aliphatic rings. The highest BCUT2D eigenvalue weighted by molar-refractivity contribution is 5.69. The van der Waals surface area contributed by atoms with Gasteiger partial charge in [-0.05, 0) is 11.1 Å². The number of benzene rings is 2. The van der Waals surface area contributed by atoms with Crippen molar-refractivity contribution in [1.29, 1.82) is 0 Å². The van der Waals surface area contributed by atoms with E-state index in [0.29, 0.717) is 0 Å². The van der Waals surface area contributed by atoms with Crippen molar-refractivity contribution < 1.29 is 6.85 Å². The van der Waals surface area contributed by atoms with Crippen LogP contribution in [0.2, 0.25) is 0 Å². The third-order valence-corrected chi connectivity index (χ3v) is 1.76. The van der Waals surface area contributed by atoms with Crippen LogP contribution in [0.4, 0.5) is 0 Å². The maximum absolute atomic E-state index is 7.78. The molecule has 0 heterocycles. The molecule has 0 fully saturated rings. The summed E-state index contributed by atoms with van der Waals surface area (Å²) in [5, 5.41) is 0. The van der Waals surface area contributed by atoms with E-state index in [1.807, 2.05) is 30.3 Å². The molecule has 2 aromatic carbocycles. The average molecular weight is 185 g/mol. The lowest BCUT2D eigenvalue weighted by Gasteiger charge is -1.92. The first kappa shape index (κ1) is 4.61. The fourth-order valence-electron chi connectivity index (χ4n) is 1.09. The monoisotopic (exact) mass is 185 g/mol. The zero-order valence-electron chi connectivity index (χ0n) is 12.5. The summed E-state index contributed by atoms with van der Waals surface area (Å²) in [6.45, 7) is 0. The molecule has 0 N–H and O–H groups in total. The highest BCUT2D eigenvalue weighted by atomic mass is 13.9. The molecule has 0 saturated carbocycles. The fourth-order valence-corrected chi connectivity index (χ4v) is 1.09. The fraction of sp³-hybridized carbons (Fsp3) is 0. The molecule has 0 unspecified atom stereocenters. The molecule has 0 saturated heterocycles. The highest BCUT2D eigenvalue weighted by Gasteiger charge is 1.84. The van der Waals surface area contributed by atoms with Gasteiger partial charge in [-0.2, -0.15) is 0 Å². The molecule has 0 aromatic heterocycles. The molecule has 0 amide bonds. The summed E-state index contributed by atoms with van der Waals surface area (Å²) < 4.78 is 38.2. The van der Waals surface area contributed by atoms with E-state index in [9.17, 15) is 0 Å². The maximum atomic E-state index is 7.78. The molecule has 2 rings (SSSR count). The van der Waals surface area contributed by atoms with Gasteiger partial charge in [-0.3, -0.25) is 0 Å². The lowest BCUT2D eigenvalue weighted by Crippen LogP contribution is -1.70. The van der Waals surface area contributed by atoms with E-state index >= 15 is 0 Å². The molecule has 0 radical (unpaired) electrons. The number of hydrogen-bond donors (Lipinski definition) is 0. The smallest absolute Gasteiger partial charge is 0.0622 e. The lowest BCUT2D eigenvalue weighted by atomic mass is 10.1. The average Bonchev–Trinajstić information content (AvgIpc) is 2.44. The van der Waals surface area contributed by atoms with Gasteiger partial charge in [0.1, 0.15) is 0 Å². The van der Waals surface area contributed by atoms with Gasteiger partial charge >= 0.3 is 0 Å². The second-order valence-electron chi connectivity index (χ2n) is 2.78. The molecule has 2 aromatic rings. The van der Waals surface area contributed by atoms with Crippen molar-refractivity contribution >= 4 is 12.2 Å². The molecule has 0 bridgehead atoms. The summed E-state index contributed by atoms with van der Waals surface area (Å²) in [5.74, 6) is 0. The molecule has 0 atom stereocenters. The SMILES string of the molecule is [2H]c1c([2H])c([2H])c(/C=C\c2ccccc2)c([2H])c1[2H]. The first-order chi connectivity index (χ1) is 9.02. The van der Waals surface area contributed by atoms with Gasteiger partial charge in [0.2, 0.25) is 0 Å². The zero-order chi connectivity index (χ0) is 14.0. The summed E-state index contributed by atoms with van der Waals surface area (Å²) in [6, 6.07) is 8.05. The minimum atomic E-state index is -0.369. The van der Waals surface area contributed by atoms with E-state index in [0.717, 1.165) is 5.56 Å². The van der Waals surface area contributed by atoms with Crippen LogP contribution in [0.1, 0.15) is 18.0 Å². The molecule has 0 nitrogen and oxygen atoms in total. The molecule has 0 spiro atoms. The van der Waals surface area contributed by atoms with Crippen molar-refractivity contribution in [1.82, 2.24) is 0 Å². The third kappa shape index (κ3) is 2.33. The minimum Gasteiger partial charge on any atom is -0.0622 e. The Balaban J connectivity index is 2.50. The van der Waals surface area contributed by atoms with E-state index in [2.05, 4.69) is 0 Å². The Bertz CT molecular complexity index is 603. The first-order valence-corrected chi connectivity index (χ1v) is 4.32. The van der Waals surface area contributed by atoms with Gasteiger partial charge in [0.25, 0.3) is 0 Å². The number of hydrogen-bond acceptors (Lipinski definition) is 0. The molecule has 68 valence electrons. The van der Waals surface area contributed by atoms with Crippen LogP contribution in [0.15, 0.2) is 60.5 Å². The Morgan fingerprint density at radius 2 is 1.43 bits per heavy atom. The normalized spacial score (nSPS) is 15.6. The van der Waals surface area contributed by atoms with Gasteiger partial charge in [-0.15, -0.1) is 0 Å². The van der Waals surface area contributed by atoms with Crippen molar-refractivity contribution in [2.45, 2.75) is 0 Å². The largest absolute Gasteiger partial charge is 0.0629 e. The van der Waals surface area contributed by atoms with Gasteiger partial charge in [0, 0.05) is 0 Å². The summed E-state index contributed by atoms with van der Waals surface area (Å²) >= 11 is 0.